The number of likely N-dealkylation sites (N-methyl/N-ethyl adjacent to an activating group) is 1. The summed E-state index contributed by atoms with van der Waals surface area (Å²) in [6.45, 7) is 4.01. The molecule has 0 radical (unpaired) electrons. The maximum absolute atomic E-state index is 12.8. The molecule has 0 saturated heterocycles. The van der Waals surface area contributed by atoms with Gasteiger partial charge in [0.25, 0.3) is 0 Å². The zero-order valence-corrected chi connectivity index (χ0v) is 14.4. The van der Waals surface area contributed by atoms with Crippen LogP contribution in [0.1, 0.15) is 19.4 Å². The highest BCUT2D eigenvalue weighted by Gasteiger charge is 2.34. The fourth-order valence-electron chi connectivity index (χ4n) is 3.58. The topological polar surface area (TPSA) is 74.4 Å². The van der Waals surface area contributed by atoms with Crippen LogP contribution < -0.4 is 10.2 Å². The van der Waals surface area contributed by atoms with Crippen LogP contribution in [-0.2, 0) is 20.7 Å². The largest absolute Gasteiger partial charge is 0.467 e. The second kappa shape index (κ2) is 6.19. The summed E-state index contributed by atoms with van der Waals surface area (Å²) >= 11 is 0. The number of nitrogens with one attached hydrogen (secondary N) is 2. The molecule has 2 heterocycles. The summed E-state index contributed by atoms with van der Waals surface area (Å²) in [6.07, 6.45) is 2.30. The molecule has 1 aliphatic rings. The minimum Gasteiger partial charge on any atom is -0.467 e. The van der Waals surface area contributed by atoms with E-state index in [4.69, 9.17) is 4.74 Å². The molecule has 1 aliphatic heterocycles. The third kappa shape index (κ3) is 2.62. The molecule has 2 aromatic rings. The first-order valence-corrected chi connectivity index (χ1v) is 8.14. The molecule has 0 fully saturated rings. The molecule has 6 nitrogen and oxygen atoms in total. The number of anilines is 1. The number of amides is 1. The summed E-state index contributed by atoms with van der Waals surface area (Å²) in [5.41, 5.74) is 2.98. The number of benzene rings is 1. The molecular formula is C18H23N3O3. The lowest BCUT2D eigenvalue weighted by Crippen LogP contribution is -2.53. The maximum atomic E-state index is 12.8. The molecule has 0 saturated carbocycles. The highest BCUT2D eigenvalue weighted by atomic mass is 16.5. The lowest BCUT2D eigenvalue weighted by atomic mass is 10.0. The van der Waals surface area contributed by atoms with Crippen molar-refractivity contribution in [2.24, 2.45) is 5.92 Å². The van der Waals surface area contributed by atoms with E-state index >= 15 is 0 Å². The van der Waals surface area contributed by atoms with Crippen LogP contribution in [-0.4, -0.2) is 43.1 Å². The Morgan fingerprint density at radius 2 is 2.12 bits per heavy atom. The average molecular weight is 329 g/mol. The highest BCUT2D eigenvalue weighted by Crippen LogP contribution is 2.33. The number of nitrogens with zero attached hydrogens (tertiary/aromatic N) is 1. The van der Waals surface area contributed by atoms with Crippen molar-refractivity contribution in [3.63, 3.8) is 0 Å². The van der Waals surface area contributed by atoms with Crippen LogP contribution in [0.4, 0.5) is 5.69 Å². The Balaban J connectivity index is 2.20. The number of H-pyrrole nitrogens is 1. The minimum absolute atomic E-state index is 0.0871. The summed E-state index contributed by atoms with van der Waals surface area (Å²) in [5, 5.41) is 3.92. The number of methoxy groups -OCH3 is 1. The fourth-order valence-corrected chi connectivity index (χ4v) is 3.58. The summed E-state index contributed by atoms with van der Waals surface area (Å²) in [4.78, 5) is 30.2. The van der Waals surface area contributed by atoms with Crippen molar-refractivity contribution in [2.45, 2.75) is 32.4 Å². The molecule has 0 bridgehead atoms. The third-order valence-corrected chi connectivity index (χ3v) is 4.69. The predicted octanol–water partition coefficient (Wildman–Crippen LogP) is 1.84. The van der Waals surface area contributed by atoms with Crippen molar-refractivity contribution in [1.29, 1.82) is 0 Å². The minimum atomic E-state index is -0.692. The lowest BCUT2D eigenvalue weighted by molar-refractivity contribution is -0.145. The molecule has 2 atom stereocenters. The van der Waals surface area contributed by atoms with Gasteiger partial charge >= 0.3 is 5.97 Å². The van der Waals surface area contributed by atoms with Gasteiger partial charge in [0.05, 0.1) is 7.11 Å². The molecule has 0 aliphatic carbocycles. The standard InChI is InChI=1S/C18H23N3O3/c1-10(2)16-17(22)20-13(18(23)24-4)8-11-9-19-12-6-5-7-14(15(11)12)21(16)3/h5-7,9-10,13,16,19H,8H2,1-4H3,(H,20,22)/t13-,16+/m1/s1. The first-order chi connectivity index (χ1) is 11.4. The summed E-state index contributed by atoms with van der Waals surface area (Å²) in [6, 6.07) is 4.92. The van der Waals surface area contributed by atoms with E-state index < -0.39 is 12.0 Å². The van der Waals surface area contributed by atoms with Gasteiger partial charge in [0.2, 0.25) is 5.91 Å². The van der Waals surface area contributed by atoms with E-state index in [9.17, 15) is 9.59 Å². The molecule has 6 heteroatoms. The average Bonchev–Trinajstić information content (AvgIpc) is 2.96. The van der Waals surface area contributed by atoms with Crippen LogP contribution in [0, 0.1) is 5.92 Å². The predicted molar refractivity (Wildman–Crippen MR) is 93.0 cm³/mol. The first kappa shape index (κ1) is 16.4. The number of rotatable bonds is 2. The maximum Gasteiger partial charge on any atom is 0.328 e. The van der Waals surface area contributed by atoms with Gasteiger partial charge in [0.15, 0.2) is 0 Å². The normalized spacial score (nSPS) is 21.2. The van der Waals surface area contributed by atoms with Crippen molar-refractivity contribution >= 4 is 28.5 Å². The van der Waals surface area contributed by atoms with E-state index in [0.29, 0.717) is 6.42 Å². The van der Waals surface area contributed by atoms with Crippen molar-refractivity contribution in [3.05, 3.63) is 30.0 Å². The van der Waals surface area contributed by atoms with Crippen molar-refractivity contribution in [2.75, 3.05) is 19.1 Å². The van der Waals surface area contributed by atoms with Crippen LogP contribution in [0.25, 0.3) is 10.9 Å². The molecule has 1 amide bonds. The van der Waals surface area contributed by atoms with Crippen LogP contribution >= 0.6 is 0 Å². The Hall–Kier alpha value is -2.50. The molecular weight excluding hydrogens is 306 g/mol. The molecule has 1 aromatic carbocycles. The second-order valence-corrected chi connectivity index (χ2v) is 6.60. The van der Waals surface area contributed by atoms with Crippen LogP contribution in [0.3, 0.4) is 0 Å². The highest BCUT2D eigenvalue weighted by molar-refractivity contribution is 5.99. The van der Waals surface area contributed by atoms with Crippen LogP contribution in [0.15, 0.2) is 24.4 Å². The molecule has 3 rings (SSSR count). The monoisotopic (exact) mass is 329 g/mol. The molecule has 128 valence electrons. The number of carbonyl (C=O) groups is 2. The van der Waals surface area contributed by atoms with Gasteiger partial charge in [-0.2, -0.15) is 0 Å². The summed E-state index contributed by atoms with van der Waals surface area (Å²) in [5.74, 6) is -0.500. The smallest absolute Gasteiger partial charge is 0.328 e. The van der Waals surface area contributed by atoms with Gasteiger partial charge in [-0.25, -0.2) is 4.79 Å². The molecule has 1 aromatic heterocycles. The Labute approximate surface area is 141 Å². The number of ether oxygens (including phenoxy) is 1. The number of hydrogen-bond acceptors (Lipinski definition) is 4. The van der Waals surface area contributed by atoms with Gasteiger partial charge in [-0.05, 0) is 23.6 Å². The fraction of sp³-hybridized carbons (Fsp3) is 0.444. The second-order valence-electron chi connectivity index (χ2n) is 6.60. The van der Waals surface area contributed by atoms with E-state index in [1.165, 1.54) is 7.11 Å². The SMILES string of the molecule is COC(=O)[C@H]1Cc2c[nH]c3cccc(c23)N(C)[C@@H](C(C)C)C(=O)N1. The van der Waals surface area contributed by atoms with Gasteiger partial charge in [0, 0.05) is 36.3 Å². The summed E-state index contributed by atoms with van der Waals surface area (Å²) in [7, 11) is 3.27. The van der Waals surface area contributed by atoms with Gasteiger partial charge in [0.1, 0.15) is 12.1 Å². The van der Waals surface area contributed by atoms with Gasteiger partial charge in [-0.3, -0.25) is 4.79 Å². The number of aromatic nitrogens is 1. The Morgan fingerprint density at radius 1 is 1.38 bits per heavy atom. The Morgan fingerprint density at radius 3 is 2.79 bits per heavy atom. The van der Waals surface area contributed by atoms with Gasteiger partial charge < -0.3 is 19.9 Å². The lowest BCUT2D eigenvalue weighted by Gasteiger charge is -2.32. The van der Waals surface area contributed by atoms with Crippen molar-refractivity contribution in [1.82, 2.24) is 10.3 Å². The summed E-state index contributed by atoms with van der Waals surface area (Å²) < 4.78 is 4.88. The van der Waals surface area contributed by atoms with Gasteiger partial charge in [-0.15, -0.1) is 0 Å². The molecule has 2 N–H and O–H groups in total. The third-order valence-electron chi connectivity index (χ3n) is 4.69. The van der Waals surface area contributed by atoms with E-state index in [2.05, 4.69) is 10.3 Å². The Bertz CT molecular complexity index is 781. The van der Waals surface area contributed by atoms with E-state index in [1.54, 1.807) is 0 Å². The van der Waals surface area contributed by atoms with Crippen molar-refractivity contribution in [3.8, 4) is 0 Å². The van der Waals surface area contributed by atoms with E-state index in [1.807, 2.05) is 50.2 Å². The number of hydrogen-bond donors (Lipinski definition) is 2. The zero-order valence-electron chi connectivity index (χ0n) is 14.4. The molecule has 0 unspecified atom stereocenters. The van der Waals surface area contributed by atoms with E-state index in [-0.39, 0.29) is 17.9 Å². The number of esters is 1. The molecule has 24 heavy (non-hydrogen) atoms. The van der Waals surface area contributed by atoms with Crippen molar-refractivity contribution < 1.29 is 14.3 Å². The number of carbonyl (C=O) groups excluding carboxylic acids is 2. The first-order valence-electron chi connectivity index (χ1n) is 8.14. The van der Waals surface area contributed by atoms with Crippen LogP contribution in [0.2, 0.25) is 0 Å². The Kier molecular flexibility index (Phi) is 4.22. The number of aromatic amines is 1. The quantitative estimate of drug-likeness (QED) is 0.825. The van der Waals surface area contributed by atoms with E-state index in [0.717, 1.165) is 22.2 Å². The zero-order chi connectivity index (χ0) is 17.4. The molecule has 0 spiro atoms. The van der Waals surface area contributed by atoms with Gasteiger partial charge in [-0.1, -0.05) is 19.9 Å². The van der Waals surface area contributed by atoms with Crippen LogP contribution in [0.5, 0.6) is 0 Å².